The number of nitrogens with zero attached hydrogens (tertiary/aromatic N) is 1. The maximum absolute atomic E-state index is 12.4. The van der Waals surface area contributed by atoms with Gasteiger partial charge in [0.2, 0.25) is 0 Å². The van der Waals surface area contributed by atoms with Crippen molar-refractivity contribution < 1.29 is 18.3 Å². The Morgan fingerprint density at radius 3 is 2.85 bits per heavy atom. The van der Waals surface area contributed by atoms with Crippen LogP contribution < -0.4 is 14.8 Å². The fourth-order valence-corrected chi connectivity index (χ4v) is 5.49. The van der Waals surface area contributed by atoms with Gasteiger partial charge in [-0.15, -0.1) is 11.3 Å². The van der Waals surface area contributed by atoms with Crippen LogP contribution in [-0.4, -0.2) is 43.4 Å². The second-order valence-electron chi connectivity index (χ2n) is 7.46. The number of aliphatic hydroxyl groups is 1. The van der Waals surface area contributed by atoms with Gasteiger partial charge in [0.05, 0.1) is 17.3 Å². The third kappa shape index (κ3) is 5.72. The van der Waals surface area contributed by atoms with Crippen molar-refractivity contribution in [1.29, 1.82) is 0 Å². The molecule has 1 atom stereocenters. The summed E-state index contributed by atoms with van der Waals surface area (Å²) in [6.07, 6.45) is 0.0839. The maximum atomic E-state index is 12.4. The molecule has 4 N–H and O–H groups in total. The number of aromatic nitrogens is 2. The summed E-state index contributed by atoms with van der Waals surface area (Å²) < 4.78 is 33.4. The molecule has 4 rings (SSSR count). The molecule has 0 bridgehead atoms. The summed E-state index contributed by atoms with van der Waals surface area (Å²) in [7, 11) is -3.63. The summed E-state index contributed by atoms with van der Waals surface area (Å²) in [5, 5.41) is 23.8. The number of rotatable bonds is 11. The summed E-state index contributed by atoms with van der Waals surface area (Å²) in [5.74, 6) is 0.752. The fraction of sp³-hybridized carbons (Fsp3) is 0.261. The SMILES string of the molecule is CCc1n[nH]c2cc(OCCNC[C@H](O)c3cccc(NS(=O)(=O)c4cccs4)c3)ccc12. The van der Waals surface area contributed by atoms with Crippen molar-refractivity contribution in [3.05, 3.63) is 71.2 Å². The lowest BCUT2D eigenvalue weighted by molar-refractivity contribution is 0.172. The lowest BCUT2D eigenvalue weighted by Crippen LogP contribution is -2.26. The molecular formula is C23H26N4O4S2. The largest absolute Gasteiger partial charge is 0.492 e. The molecule has 0 saturated heterocycles. The zero-order valence-electron chi connectivity index (χ0n) is 18.1. The average Bonchev–Trinajstić information content (AvgIpc) is 3.49. The van der Waals surface area contributed by atoms with Crippen LogP contribution in [0.1, 0.15) is 24.3 Å². The van der Waals surface area contributed by atoms with Gasteiger partial charge < -0.3 is 15.2 Å². The zero-order chi connectivity index (χ0) is 23.3. The van der Waals surface area contributed by atoms with E-state index in [4.69, 9.17) is 4.74 Å². The number of sulfonamides is 1. The van der Waals surface area contributed by atoms with Gasteiger partial charge in [-0.2, -0.15) is 5.10 Å². The first-order valence-corrected chi connectivity index (χ1v) is 13.0. The van der Waals surface area contributed by atoms with Gasteiger partial charge in [-0.25, -0.2) is 8.42 Å². The molecule has 10 heteroatoms. The van der Waals surface area contributed by atoms with Crippen molar-refractivity contribution in [2.75, 3.05) is 24.4 Å². The maximum Gasteiger partial charge on any atom is 0.271 e. The highest BCUT2D eigenvalue weighted by molar-refractivity contribution is 7.94. The molecule has 0 unspecified atom stereocenters. The number of fused-ring (bicyclic) bond motifs is 1. The summed E-state index contributed by atoms with van der Waals surface area (Å²) in [4.78, 5) is 0. The molecule has 0 saturated carbocycles. The number of nitrogens with one attached hydrogen (secondary N) is 3. The number of hydrogen-bond donors (Lipinski definition) is 4. The molecule has 0 amide bonds. The highest BCUT2D eigenvalue weighted by Crippen LogP contribution is 2.23. The van der Waals surface area contributed by atoms with Gasteiger partial charge in [-0.05, 0) is 47.7 Å². The molecule has 0 aliphatic rings. The first kappa shape index (κ1) is 23.2. The van der Waals surface area contributed by atoms with Crippen LogP contribution in [0.2, 0.25) is 0 Å². The smallest absolute Gasteiger partial charge is 0.271 e. The Labute approximate surface area is 196 Å². The minimum absolute atomic E-state index is 0.243. The average molecular weight is 487 g/mol. The van der Waals surface area contributed by atoms with E-state index in [1.807, 2.05) is 18.2 Å². The van der Waals surface area contributed by atoms with E-state index in [1.165, 1.54) is 0 Å². The van der Waals surface area contributed by atoms with Crippen molar-refractivity contribution in [3.8, 4) is 5.75 Å². The number of ether oxygens (including phenoxy) is 1. The Bertz CT molecular complexity index is 1300. The molecule has 33 heavy (non-hydrogen) atoms. The van der Waals surface area contributed by atoms with E-state index in [0.717, 1.165) is 40.1 Å². The fourth-order valence-electron chi connectivity index (χ4n) is 3.44. The van der Waals surface area contributed by atoms with Crippen molar-refractivity contribution in [2.24, 2.45) is 0 Å². The van der Waals surface area contributed by atoms with Gasteiger partial charge in [-0.3, -0.25) is 9.82 Å². The van der Waals surface area contributed by atoms with E-state index in [2.05, 4.69) is 27.2 Å². The van der Waals surface area contributed by atoms with E-state index in [1.54, 1.807) is 41.8 Å². The van der Waals surface area contributed by atoms with Crippen molar-refractivity contribution in [1.82, 2.24) is 15.5 Å². The predicted octanol–water partition coefficient (Wildman–Crippen LogP) is 3.69. The number of aromatic amines is 1. The lowest BCUT2D eigenvalue weighted by atomic mass is 10.1. The quantitative estimate of drug-likeness (QED) is 0.240. The Kier molecular flexibility index (Phi) is 7.29. The van der Waals surface area contributed by atoms with E-state index in [-0.39, 0.29) is 4.21 Å². The van der Waals surface area contributed by atoms with Crippen LogP contribution in [0.15, 0.2) is 64.2 Å². The van der Waals surface area contributed by atoms with Gasteiger partial charge in [-0.1, -0.05) is 25.1 Å². The van der Waals surface area contributed by atoms with Crippen LogP contribution in [0.25, 0.3) is 10.9 Å². The first-order chi connectivity index (χ1) is 16.0. The van der Waals surface area contributed by atoms with Crippen molar-refractivity contribution in [2.45, 2.75) is 23.7 Å². The first-order valence-electron chi connectivity index (χ1n) is 10.6. The number of anilines is 1. The van der Waals surface area contributed by atoms with Crippen molar-refractivity contribution >= 4 is 38.0 Å². The summed E-state index contributed by atoms with van der Waals surface area (Å²) >= 11 is 1.15. The number of benzene rings is 2. The summed E-state index contributed by atoms with van der Waals surface area (Å²) in [6.45, 7) is 3.36. The Hall–Kier alpha value is -2.92. The topological polar surface area (TPSA) is 116 Å². The van der Waals surface area contributed by atoms with Crippen LogP contribution in [0.5, 0.6) is 5.75 Å². The highest BCUT2D eigenvalue weighted by atomic mass is 32.2. The van der Waals surface area contributed by atoms with Gasteiger partial charge in [0.15, 0.2) is 0 Å². The Morgan fingerprint density at radius 2 is 2.06 bits per heavy atom. The molecule has 2 aromatic heterocycles. The standard InChI is InChI=1S/C23H26N4O4S2/c1-2-20-19-9-8-18(14-21(19)26-25-20)31-11-10-24-15-22(28)16-5-3-6-17(13-16)27-33(29,30)23-7-4-12-32-23/h3-9,12-14,22,24,27-28H,2,10-11,15H2,1H3,(H,25,26)/t22-/m0/s1. The van der Waals surface area contributed by atoms with E-state index >= 15 is 0 Å². The van der Waals surface area contributed by atoms with Crippen LogP contribution in [-0.2, 0) is 16.4 Å². The molecule has 2 aromatic carbocycles. The van der Waals surface area contributed by atoms with Crippen LogP contribution in [0.3, 0.4) is 0 Å². The molecule has 2 heterocycles. The number of hydrogen-bond acceptors (Lipinski definition) is 7. The molecule has 0 aliphatic carbocycles. The highest BCUT2D eigenvalue weighted by Gasteiger charge is 2.16. The molecule has 0 spiro atoms. The zero-order valence-corrected chi connectivity index (χ0v) is 19.7. The number of aliphatic hydroxyl groups excluding tert-OH is 1. The molecule has 4 aromatic rings. The molecule has 0 aliphatic heterocycles. The van der Waals surface area contributed by atoms with Crippen LogP contribution in [0, 0.1) is 0 Å². The second-order valence-corrected chi connectivity index (χ2v) is 10.3. The monoisotopic (exact) mass is 486 g/mol. The number of H-pyrrole nitrogens is 1. The van der Waals surface area contributed by atoms with Crippen LogP contribution in [0.4, 0.5) is 5.69 Å². The van der Waals surface area contributed by atoms with Gasteiger partial charge in [0.1, 0.15) is 16.6 Å². The third-order valence-corrected chi connectivity index (χ3v) is 7.90. The number of aryl methyl sites for hydroxylation is 1. The van der Waals surface area contributed by atoms with E-state index in [0.29, 0.717) is 30.9 Å². The van der Waals surface area contributed by atoms with Crippen molar-refractivity contribution in [3.63, 3.8) is 0 Å². The lowest BCUT2D eigenvalue weighted by Gasteiger charge is -2.14. The van der Waals surface area contributed by atoms with E-state index < -0.39 is 16.1 Å². The minimum atomic E-state index is -3.63. The van der Waals surface area contributed by atoms with E-state index in [9.17, 15) is 13.5 Å². The Morgan fingerprint density at radius 1 is 1.18 bits per heavy atom. The molecule has 0 fully saturated rings. The van der Waals surface area contributed by atoms with Crippen LogP contribution >= 0.6 is 11.3 Å². The summed E-state index contributed by atoms with van der Waals surface area (Å²) in [6, 6.07) is 15.9. The predicted molar refractivity (Wildman–Crippen MR) is 130 cm³/mol. The molecule has 8 nitrogen and oxygen atoms in total. The van der Waals surface area contributed by atoms with Gasteiger partial charge in [0.25, 0.3) is 10.0 Å². The number of thiophene rings is 1. The summed E-state index contributed by atoms with van der Waals surface area (Å²) in [5.41, 5.74) is 3.01. The molecule has 174 valence electrons. The second kappa shape index (κ2) is 10.3. The van der Waals surface area contributed by atoms with Gasteiger partial charge >= 0.3 is 0 Å². The van der Waals surface area contributed by atoms with Gasteiger partial charge in [0, 0.05) is 30.2 Å². The normalized spacial score (nSPS) is 12.7. The third-order valence-electron chi connectivity index (χ3n) is 5.12. The molecule has 0 radical (unpaired) electrons. The minimum Gasteiger partial charge on any atom is -0.492 e. The Balaban J connectivity index is 1.25. The molecular weight excluding hydrogens is 460 g/mol.